The summed E-state index contributed by atoms with van der Waals surface area (Å²) in [7, 11) is -3.84. The van der Waals surface area contributed by atoms with Crippen LogP contribution in [0.5, 0.6) is 5.75 Å². The van der Waals surface area contributed by atoms with Crippen LogP contribution in [0.25, 0.3) is 10.8 Å². The molecule has 0 saturated heterocycles. The first-order valence-electron chi connectivity index (χ1n) is 6.25. The minimum absolute atomic E-state index is 0.179. The second-order valence-electron chi connectivity index (χ2n) is 4.45. The summed E-state index contributed by atoms with van der Waals surface area (Å²) in [6.07, 6.45) is 0. The van der Waals surface area contributed by atoms with Crippen molar-refractivity contribution in [2.45, 2.75) is 4.90 Å². The van der Waals surface area contributed by atoms with Gasteiger partial charge in [0.2, 0.25) is 0 Å². The first kappa shape index (κ1) is 14.3. The van der Waals surface area contributed by atoms with Crippen molar-refractivity contribution in [3.8, 4) is 5.75 Å². The molecule has 0 N–H and O–H groups in total. The molecule has 3 rings (SSSR count). The molecule has 0 aliphatic rings. The molecule has 0 unspecified atom stereocenters. The summed E-state index contributed by atoms with van der Waals surface area (Å²) in [5.41, 5.74) is 0. The fourth-order valence-corrected chi connectivity index (χ4v) is 4.30. The van der Waals surface area contributed by atoms with Crippen LogP contribution in [-0.4, -0.2) is 8.42 Å². The van der Waals surface area contributed by atoms with Crippen molar-refractivity contribution in [2.75, 3.05) is 0 Å². The van der Waals surface area contributed by atoms with E-state index in [4.69, 9.17) is 4.18 Å². The van der Waals surface area contributed by atoms with E-state index in [0.29, 0.717) is 9.32 Å². The summed E-state index contributed by atoms with van der Waals surface area (Å²) in [5.74, 6) is 0.341. The number of fused-ring (bicyclic) bond motifs is 1. The number of benzene rings is 3. The maximum absolute atomic E-state index is 12.4. The predicted octanol–water partition coefficient (Wildman–Crippen LogP) is 4.21. The molecule has 0 atom stereocenters. The molecule has 0 spiro atoms. The standard InChI is InChI=1S/C16H11IO3S/c17-14-9-3-4-11-16(14)21(18,19)20-15-10-5-7-12-6-1-2-8-13(12)15/h1-11H. The molecule has 3 nitrogen and oxygen atoms in total. The van der Waals surface area contributed by atoms with Crippen LogP contribution in [0, 0.1) is 3.57 Å². The first-order chi connectivity index (χ1) is 10.1. The van der Waals surface area contributed by atoms with Gasteiger partial charge in [0.15, 0.2) is 5.75 Å². The van der Waals surface area contributed by atoms with E-state index < -0.39 is 10.1 Å². The summed E-state index contributed by atoms with van der Waals surface area (Å²) in [4.78, 5) is 0.179. The van der Waals surface area contributed by atoms with Crippen LogP contribution in [0.1, 0.15) is 0 Å². The number of hydrogen-bond acceptors (Lipinski definition) is 3. The molecule has 21 heavy (non-hydrogen) atoms. The Kier molecular flexibility index (Phi) is 3.86. The van der Waals surface area contributed by atoms with Gasteiger partial charge in [0.1, 0.15) is 4.90 Å². The average molecular weight is 410 g/mol. The minimum atomic E-state index is -3.84. The highest BCUT2D eigenvalue weighted by Crippen LogP contribution is 2.29. The zero-order valence-electron chi connectivity index (χ0n) is 10.9. The highest BCUT2D eigenvalue weighted by molar-refractivity contribution is 14.1. The molecule has 3 aromatic carbocycles. The van der Waals surface area contributed by atoms with Gasteiger partial charge in [-0.25, -0.2) is 0 Å². The molecule has 3 aromatic rings. The summed E-state index contributed by atoms with van der Waals surface area (Å²) in [6.45, 7) is 0. The zero-order valence-corrected chi connectivity index (χ0v) is 13.8. The third kappa shape index (κ3) is 2.89. The molecular formula is C16H11IO3S. The molecule has 0 aliphatic heterocycles. The predicted molar refractivity (Wildman–Crippen MR) is 90.9 cm³/mol. The third-order valence-electron chi connectivity index (χ3n) is 3.06. The van der Waals surface area contributed by atoms with E-state index in [9.17, 15) is 8.42 Å². The molecule has 106 valence electrons. The lowest BCUT2D eigenvalue weighted by molar-refractivity contribution is 0.488. The normalized spacial score (nSPS) is 11.5. The molecule has 0 saturated carbocycles. The van der Waals surface area contributed by atoms with Gasteiger partial charge in [-0.1, -0.05) is 48.5 Å². The fraction of sp³-hybridized carbons (Fsp3) is 0. The van der Waals surface area contributed by atoms with Crippen molar-refractivity contribution in [1.82, 2.24) is 0 Å². The van der Waals surface area contributed by atoms with Crippen LogP contribution in [0.2, 0.25) is 0 Å². The SMILES string of the molecule is O=S(=O)(Oc1cccc2ccccc12)c1ccccc1I. The van der Waals surface area contributed by atoms with Crippen LogP contribution in [0.4, 0.5) is 0 Å². The quantitative estimate of drug-likeness (QED) is 0.480. The Morgan fingerprint density at radius 3 is 2.29 bits per heavy atom. The average Bonchev–Trinajstić information content (AvgIpc) is 2.47. The van der Waals surface area contributed by atoms with Gasteiger partial charge >= 0.3 is 10.1 Å². The van der Waals surface area contributed by atoms with E-state index in [0.717, 1.165) is 10.8 Å². The van der Waals surface area contributed by atoms with E-state index in [-0.39, 0.29) is 4.90 Å². The molecule has 0 amide bonds. The first-order valence-corrected chi connectivity index (χ1v) is 8.73. The maximum Gasteiger partial charge on any atom is 0.340 e. The minimum Gasteiger partial charge on any atom is -0.378 e. The molecule has 0 aromatic heterocycles. The Morgan fingerprint density at radius 2 is 1.48 bits per heavy atom. The molecule has 0 heterocycles. The number of halogens is 1. The number of rotatable bonds is 3. The molecule has 0 aliphatic carbocycles. The van der Waals surface area contributed by atoms with Crippen LogP contribution in [0.3, 0.4) is 0 Å². The van der Waals surface area contributed by atoms with Gasteiger partial charge in [-0.3, -0.25) is 0 Å². The van der Waals surface area contributed by atoms with E-state index in [1.165, 1.54) is 0 Å². The van der Waals surface area contributed by atoms with Crippen LogP contribution >= 0.6 is 22.6 Å². The number of hydrogen-bond donors (Lipinski definition) is 0. The highest BCUT2D eigenvalue weighted by atomic mass is 127. The maximum atomic E-state index is 12.4. The summed E-state index contributed by atoms with van der Waals surface area (Å²) >= 11 is 1.99. The van der Waals surface area contributed by atoms with Gasteiger partial charge in [0.25, 0.3) is 0 Å². The largest absolute Gasteiger partial charge is 0.378 e. The van der Waals surface area contributed by atoms with Gasteiger partial charge < -0.3 is 4.18 Å². The highest BCUT2D eigenvalue weighted by Gasteiger charge is 2.20. The molecular weight excluding hydrogens is 399 g/mol. The summed E-state index contributed by atoms with van der Waals surface area (Å²) in [5, 5.41) is 1.71. The van der Waals surface area contributed by atoms with E-state index >= 15 is 0 Å². The zero-order chi connectivity index (χ0) is 14.9. The van der Waals surface area contributed by atoms with E-state index in [1.54, 1.807) is 36.4 Å². The van der Waals surface area contributed by atoms with Crippen molar-refractivity contribution < 1.29 is 12.6 Å². The fourth-order valence-electron chi connectivity index (χ4n) is 2.08. The molecule has 0 bridgehead atoms. The van der Waals surface area contributed by atoms with Gasteiger partial charge in [0.05, 0.1) is 0 Å². The summed E-state index contributed by atoms with van der Waals surface area (Å²) in [6, 6.07) is 19.6. The molecule has 0 fully saturated rings. The van der Waals surface area contributed by atoms with Crippen LogP contribution in [-0.2, 0) is 10.1 Å². The molecule has 5 heteroatoms. The van der Waals surface area contributed by atoms with Crippen LogP contribution in [0.15, 0.2) is 71.6 Å². The summed E-state index contributed by atoms with van der Waals surface area (Å²) < 4.78 is 30.9. The second-order valence-corrected chi connectivity index (χ2v) is 7.12. The van der Waals surface area contributed by atoms with Gasteiger partial charge in [0, 0.05) is 8.96 Å². The van der Waals surface area contributed by atoms with Gasteiger partial charge in [-0.05, 0) is 46.2 Å². The third-order valence-corrected chi connectivity index (χ3v) is 5.66. The Hall–Kier alpha value is -1.60. The van der Waals surface area contributed by atoms with Gasteiger partial charge in [-0.15, -0.1) is 0 Å². The Morgan fingerprint density at radius 1 is 0.810 bits per heavy atom. The van der Waals surface area contributed by atoms with Crippen molar-refractivity contribution in [3.63, 3.8) is 0 Å². The van der Waals surface area contributed by atoms with Crippen molar-refractivity contribution in [2.24, 2.45) is 0 Å². The second kappa shape index (κ2) is 5.65. The van der Waals surface area contributed by atoms with Gasteiger partial charge in [-0.2, -0.15) is 8.42 Å². The van der Waals surface area contributed by atoms with Crippen molar-refractivity contribution in [1.29, 1.82) is 0 Å². The Balaban J connectivity index is 2.08. The topological polar surface area (TPSA) is 43.4 Å². The molecule has 0 radical (unpaired) electrons. The van der Waals surface area contributed by atoms with E-state index in [1.807, 2.05) is 52.9 Å². The lowest BCUT2D eigenvalue weighted by Crippen LogP contribution is -2.11. The Labute approximate surface area is 136 Å². The van der Waals surface area contributed by atoms with E-state index in [2.05, 4.69) is 0 Å². The Bertz CT molecular complexity index is 899. The van der Waals surface area contributed by atoms with Crippen LogP contribution < -0.4 is 4.18 Å². The van der Waals surface area contributed by atoms with Crippen molar-refractivity contribution in [3.05, 3.63) is 70.3 Å². The monoisotopic (exact) mass is 410 g/mol. The van der Waals surface area contributed by atoms with Crippen molar-refractivity contribution >= 4 is 43.5 Å². The lowest BCUT2D eigenvalue weighted by atomic mass is 10.1. The lowest BCUT2D eigenvalue weighted by Gasteiger charge is -2.10. The smallest absolute Gasteiger partial charge is 0.340 e.